The molecular weight excluding hydrogens is 306 g/mol. The highest BCUT2D eigenvalue weighted by molar-refractivity contribution is 9.10. The number of hydrogen-bond donors (Lipinski definition) is 2. The van der Waals surface area contributed by atoms with Crippen molar-refractivity contribution in [1.29, 1.82) is 0 Å². The number of halogens is 1. The quantitative estimate of drug-likeness (QED) is 0.878. The van der Waals surface area contributed by atoms with Gasteiger partial charge in [-0.2, -0.15) is 0 Å². The van der Waals surface area contributed by atoms with Gasteiger partial charge in [0.15, 0.2) is 0 Å². The van der Waals surface area contributed by atoms with E-state index in [-0.39, 0.29) is 5.91 Å². The van der Waals surface area contributed by atoms with Gasteiger partial charge < -0.3 is 11.1 Å². The maximum Gasteiger partial charge on any atom is 0.245 e. The molecular formula is C14H20BrN3O. The molecule has 1 aromatic rings. The van der Waals surface area contributed by atoms with Gasteiger partial charge in [-0.05, 0) is 53.2 Å². The summed E-state index contributed by atoms with van der Waals surface area (Å²) in [7, 11) is 0. The van der Waals surface area contributed by atoms with Gasteiger partial charge in [-0.15, -0.1) is 0 Å². The first-order valence-electron chi connectivity index (χ1n) is 6.63. The van der Waals surface area contributed by atoms with E-state index in [2.05, 4.69) is 33.2 Å². The summed E-state index contributed by atoms with van der Waals surface area (Å²) >= 11 is 3.36. The normalized spacial score (nSPS) is 27.1. The Hall–Kier alpha value is -0.940. The minimum atomic E-state index is -0.751. The van der Waals surface area contributed by atoms with Crippen LogP contribution in [0.4, 0.5) is 5.82 Å². The number of amides is 1. The van der Waals surface area contributed by atoms with Crippen LogP contribution < -0.4 is 11.1 Å². The number of carbonyl (C=O) groups excluding carboxylic acids is 1. The summed E-state index contributed by atoms with van der Waals surface area (Å²) in [5.41, 5.74) is 6.45. The number of nitrogens with one attached hydrogen (secondary N) is 1. The molecule has 0 radical (unpaired) electrons. The van der Waals surface area contributed by atoms with Crippen molar-refractivity contribution in [3.8, 4) is 0 Å². The molecule has 0 aliphatic heterocycles. The van der Waals surface area contributed by atoms with E-state index >= 15 is 0 Å². The van der Waals surface area contributed by atoms with Gasteiger partial charge in [-0.1, -0.05) is 19.8 Å². The Labute approximate surface area is 122 Å². The minimum Gasteiger partial charge on any atom is -0.317 e. The fourth-order valence-electron chi connectivity index (χ4n) is 2.70. The first kappa shape index (κ1) is 14.5. The molecule has 0 aromatic carbocycles. The Morgan fingerprint density at radius 1 is 1.63 bits per heavy atom. The number of hydrogen-bond acceptors (Lipinski definition) is 3. The summed E-state index contributed by atoms with van der Waals surface area (Å²) in [5, 5.41) is 2.87. The van der Waals surface area contributed by atoms with E-state index in [1.807, 2.05) is 13.0 Å². The van der Waals surface area contributed by atoms with Crippen molar-refractivity contribution in [3.63, 3.8) is 0 Å². The van der Waals surface area contributed by atoms with Crippen molar-refractivity contribution in [2.45, 2.75) is 45.1 Å². The molecule has 5 heteroatoms. The summed E-state index contributed by atoms with van der Waals surface area (Å²) in [6.07, 6.45) is 5.34. The van der Waals surface area contributed by atoms with Crippen LogP contribution in [0.15, 0.2) is 16.7 Å². The SMILES string of the molecule is Cc1cc(Br)cnc1NC(=O)C1(N)CCCC(C)C1. The molecule has 1 aliphatic carbocycles. The lowest BCUT2D eigenvalue weighted by atomic mass is 9.76. The van der Waals surface area contributed by atoms with Gasteiger partial charge >= 0.3 is 0 Å². The number of anilines is 1. The molecule has 3 N–H and O–H groups in total. The molecule has 1 fully saturated rings. The van der Waals surface area contributed by atoms with E-state index < -0.39 is 5.54 Å². The number of aryl methyl sites for hydroxylation is 1. The Bertz CT molecular complexity index is 492. The van der Waals surface area contributed by atoms with Crippen LogP contribution in [0.5, 0.6) is 0 Å². The number of pyridine rings is 1. The van der Waals surface area contributed by atoms with Crippen LogP contribution in [-0.4, -0.2) is 16.4 Å². The standard InChI is InChI=1S/C14H20BrN3O/c1-9-4-3-5-14(16,7-9)13(19)18-12-10(2)6-11(15)8-17-12/h6,8-9H,3-5,7,16H2,1-2H3,(H,17,18,19). The van der Waals surface area contributed by atoms with Crippen LogP contribution >= 0.6 is 15.9 Å². The molecule has 0 bridgehead atoms. The molecule has 4 nitrogen and oxygen atoms in total. The van der Waals surface area contributed by atoms with Gasteiger partial charge in [0.25, 0.3) is 0 Å². The highest BCUT2D eigenvalue weighted by Gasteiger charge is 2.38. The number of carbonyl (C=O) groups is 1. The molecule has 1 saturated carbocycles. The number of nitrogens with two attached hydrogens (primary N) is 1. The zero-order valence-corrected chi connectivity index (χ0v) is 13.0. The average molecular weight is 326 g/mol. The van der Waals surface area contributed by atoms with Gasteiger partial charge in [-0.3, -0.25) is 4.79 Å². The van der Waals surface area contributed by atoms with Crippen LogP contribution in [0, 0.1) is 12.8 Å². The van der Waals surface area contributed by atoms with Crippen LogP contribution in [0.2, 0.25) is 0 Å². The molecule has 2 unspecified atom stereocenters. The van der Waals surface area contributed by atoms with Gasteiger partial charge in [0.1, 0.15) is 5.82 Å². The summed E-state index contributed by atoms with van der Waals surface area (Å²) in [6.45, 7) is 4.07. The van der Waals surface area contributed by atoms with Gasteiger partial charge in [0, 0.05) is 10.7 Å². The third-order valence-corrected chi connectivity index (χ3v) is 4.20. The fraction of sp³-hybridized carbons (Fsp3) is 0.571. The van der Waals surface area contributed by atoms with Crippen molar-refractivity contribution < 1.29 is 4.79 Å². The lowest BCUT2D eigenvalue weighted by molar-refractivity contribution is -0.122. The van der Waals surface area contributed by atoms with Crippen molar-refractivity contribution in [2.24, 2.45) is 11.7 Å². The molecule has 2 rings (SSSR count). The smallest absolute Gasteiger partial charge is 0.245 e. The molecule has 1 aliphatic rings. The zero-order chi connectivity index (χ0) is 14.0. The first-order chi connectivity index (χ1) is 8.90. The van der Waals surface area contributed by atoms with Crippen molar-refractivity contribution >= 4 is 27.7 Å². The second-order valence-corrected chi connectivity index (χ2v) is 6.55. The number of aromatic nitrogens is 1. The molecule has 1 heterocycles. The maximum absolute atomic E-state index is 12.4. The molecule has 2 atom stereocenters. The summed E-state index contributed by atoms with van der Waals surface area (Å²) in [5.74, 6) is 0.983. The van der Waals surface area contributed by atoms with Gasteiger partial charge in [-0.25, -0.2) is 4.98 Å². The Morgan fingerprint density at radius 3 is 3.00 bits per heavy atom. The predicted molar refractivity (Wildman–Crippen MR) is 79.9 cm³/mol. The molecule has 19 heavy (non-hydrogen) atoms. The van der Waals surface area contributed by atoms with E-state index in [0.717, 1.165) is 35.7 Å². The second-order valence-electron chi connectivity index (χ2n) is 5.63. The monoisotopic (exact) mass is 325 g/mol. The largest absolute Gasteiger partial charge is 0.317 e. The molecule has 0 spiro atoms. The zero-order valence-electron chi connectivity index (χ0n) is 11.4. The number of rotatable bonds is 2. The van der Waals surface area contributed by atoms with E-state index in [9.17, 15) is 4.79 Å². The summed E-state index contributed by atoms with van der Waals surface area (Å²) in [6, 6.07) is 1.93. The Kier molecular flexibility index (Phi) is 4.26. The third-order valence-electron chi connectivity index (χ3n) is 3.76. The molecule has 104 valence electrons. The Morgan fingerprint density at radius 2 is 2.37 bits per heavy atom. The van der Waals surface area contributed by atoms with Crippen molar-refractivity contribution in [1.82, 2.24) is 4.98 Å². The van der Waals surface area contributed by atoms with E-state index in [1.165, 1.54) is 0 Å². The average Bonchev–Trinajstić information content (AvgIpc) is 2.32. The number of nitrogens with zero attached hydrogens (tertiary/aromatic N) is 1. The lowest BCUT2D eigenvalue weighted by Gasteiger charge is -2.35. The van der Waals surface area contributed by atoms with E-state index in [0.29, 0.717) is 11.7 Å². The topological polar surface area (TPSA) is 68.0 Å². The second kappa shape index (κ2) is 5.59. The molecule has 0 saturated heterocycles. The maximum atomic E-state index is 12.4. The van der Waals surface area contributed by atoms with Gasteiger partial charge in [0.05, 0.1) is 5.54 Å². The van der Waals surface area contributed by atoms with Crippen molar-refractivity contribution in [2.75, 3.05) is 5.32 Å². The van der Waals surface area contributed by atoms with Crippen LogP contribution in [0.3, 0.4) is 0 Å². The highest BCUT2D eigenvalue weighted by atomic mass is 79.9. The fourth-order valence-corrected chi connectivity index (χ4v) is 3.15. The first-order valence-corrected chi connectivity index (χ1v) is 7.42. The van der Waals surface area contributed by atoms with Gasteiger partial charge in [0.2, 0.25) is 5.91 Å². The Balaban J connectivity index is 2.12. The predicted octanol–water partition coefficient (Wildman–Crippen LogP) is 3.00. The summed E-state index contributed by atoms with van der Waals surface area (Å²) in [4.78, 5) is 16.6. The van der Waals surface area contributed by atoms with Crippen LogP contribution in [0.25, 0.3) is 0 Å². The third kappa shape index (κ3) is 3.34. The van der Waals surface area contributed by atoms with Crippen LogP contribution in [-0.2, 0) is 4.79 Å². The van der Waals surface area contributed by atoms with E-state index in [4.69, 9.17) is 5.73 Å². The molecule has 1 amide bonds. The van der Waals surface area contributed by atoms with Crippen LogP contribution in [0.1, 0.15) is 38.2 Å². The highest BCUT2D eigenvalue weighted by Crippen LogP contribution is 2.31. The van der Waals surface area contributed by atoms with Crippen molar-refractivity contribution in [3.05, 3.63) is 22.3 Å². The molecule has 1 aromatic heterocycles. The lowest BCUT2D eigenvalue weighted by Crippen LogP contribution is -2.53. The summed E-state index contributed by atoms with van der Waals surface area (Å²) < 4.78 is 0.900. The van der Waals surface area contributed by atoms with E-state index in [1.54, 1.807) is 6.20 Å². The minimum absolute atomic E-state index is 0.114.